The monoisotopic (exact) mass is 270 g/mol. The number of carbonyl (C=O) groups excluding carboxylic acids is 3. The molecule has 0 fully saturated rings. The summed E-state index contributed by atoms with van der Waals surface area (Å²) in [6.07, 6.45) is 0.570. The molecule has 19 heavy (non-hydrogen) atoms. The molecule has 0 aromatic heterocycles. The summed E-state index contributed by atoms with van der Waals surface area (Å²) in [6.45, 7) is 0. The Balaban J connectivity index is 2.33. The number of ketones is 2. The van der Waals surface area contributed by atoms with E-state index in [9.17, 15) is 14.4 Å². The van der Waals surface area contributed by atoms with E-state index in [-0.39, 0.29) is 33.3 Å². The molecule has 0 amide bonds. The molecule has 0 unspecified atom stereocenters. The van der Waals surface area contributed by atoms with Gasteiger partial charge in [-0.05, 0) is 12.1 Å². The minimum absolute atomic E-state index is 0.175. The smallest absolute Gasteiger partial charge is 0.194 e. The summed E-state index contributed by atoms with van der Waals surface area (Å²) in [6, 6.07) is 9.38. The standard InChI is InChI=1S/C15H7ClO3/c16-13-6-12-11(5-8(13)7-17)14(18)9-3-1-2-4-10(9)15(12)19/h1-7H. The van der Waals surface area contributed by atoms with Crippen LogP contribution in [0.3, 0.4) is 0 Å². The van der Waals surface area contributed by atoms with Crippen LogP contribution < -0.4 is 0 Å². The van der Waals surface area contributed by atoms with Gasteiger partial charge in [-0.2, -0.15) is 0 Å². The van der Waals surface area contributed by atoms with Crippen LogP contribution in [0.5, 0.6) is 0 Å². The van der Waals surface area contributed by atoms with E-state index in [0.717, 1.165) is 0 Å². The van der Waals surface area contributed by atoms with Gasteiger partial charge in [0.05, 0.1) is 5.02 Å². The highest BCUT2D eigenvalue weighted by Gasteiger charge is 2.30. The summed E-state index contributed by atoms with van der Waals surface area (Å²) in [5.74, 6) is -0.505. The van der Waals surface area contributed by atoms with Gasteiger partial charge in [0.25, 0.3) is 0 Å². The van der Waals surface area contributed by atoms with Gasteiger partial charge in [0.1, 0.15) is 0 Å². The Kier molecular flexibility index (Phi) is 2.57. The Morgan fingerprint density at radius 1 is 0.842 bits per heavy atom. The van der Waals surface area contributed by atoms with Gasteiger partial charge < -0.3 is 0 Å². The summed E-state index contributed by atoms with van der Waals surface area (Å²) in [5.41, 5.74) is 1.42. The molecule has 0 bridgehead atoms. The van der Waals surface area contributed by atoms with E-state index < -0.39 is 0 Å². The second kappa shape index (κ2) is 4.14. The average Bonchev–Trinajstić information content (AvgIpc) is 2.44. The van der Waals surface area contributed by atoms with Gasteiger partial charge in [0.15, 0.2) is 17.9 Å². The second-order valence-electron chi connectivity index (χ2n) is 4.24. The summed E-state index contributed by atoms with van der Waals surface area (Å²) >= 11 is 5.91. The van der Waals surface area contributed by atoms with E-state index in [1.54, 1.807) is 24.3 Å². The SMILES string of the molecule is O=Cc1cc2c(cc1Cl)C(=O)c1ccccc1C2=O. The van der Waals surface area contributed by atoms with E-state index in [4.69, 9.17) is 11.6 Å². The minimum Gasteiger partial charge on any atom is -0.298 e. The third-order valence-electron chi connectivity index (χ3n) is 3.17. The number of halogens is 1. The molecule has 2 aromatic rings. The Labute approximate surface area is 113 Å². The summed E-state index contributed by atoms with van der Waals surface area (Å²) in [4.78, 5) is 35.5. The van der Waals surface area contributed by atoms with Crippen molar-refractivity contribution in [2.45, 2.75) is 0 Å². The molecular weight excluding hydrogens is 264 g/mol. The zero-order chi connectivity index (χ0) is 13.6. The minimum atomic E-state index is -0.259. The topological polar surface area (TPSA) is 51.2 Å². The molecule has 92 valence electrons. The van der Waals surface area contributed by atoms with Crippen LogP contribution in [-0.2, 0) is 0 Å². The summed E-state index contributed by atoms with van der Waals surface area (Å²) < 4.78 is 0. The number of fused-ring (bicyclic) bond motifs is 2. The lowest BCUT2D eigenvalue weighted by Crippen LogP contribution is -2.21. The van der Waals surface area contributed by atoms with Crippen LogP contribution >= 0.6 is 11.6 Å². The van der Waals surface area contributed by atoms with Crippen LogP contribution in [0, 0.1) is 0 Å². The molecule has 3 nitrogen and oxygen atoms in total. The maximum atomic E-state index is 12.3. The maximum Gasteiger partial charge on any atom is 0.194 e. The van der Waals surface area contributed by atoms with Crippen molar-refractivity contribution >= 4 is 29.5 Å². The van der Waals surface area contributed by atoms with Crippen LogP contribution in [0.2, 0.25) is 5.02 Å². The first-order valence-electron chi connectivity index (χ1n) is 5.60. The zero-order valence-corrected chi connectivity index (χ0v) is 10.4. The molecule has 0 aliphatic heterocycles. The molecular formula is C15H7ClO3. The molecule has 1 aliphatic rings. The Hall–Kier alpha value is -2.26. The van der Waals surface area contributed by atoms with Crippen molar-refractivity contribution in [1.29, 1.82) is 0 Å². The van der Waals surface area contributed by atoms with Crippen LogP contribution in [0.25, 0.3) is 0 Å². The van der Waals surface area contributed by atoms with Crippen LogP contribution in [0.15, 0.2) is 36.4 Å². The van der Waals surface area contributed by atoms with Crippen molar-refractivity contribution in [2.75, 3.05) is 0 Å². The van der Waals surface area contributed by atoms with Gasteiger partial charge in [0.2, 0.25) is 0 Å². The molecule has 0 N–H and O–H groups in total. The number of hydrogen-bond donors (Lipinski definition) is 0. The van der Waals surface area contributed by atoms with Gasteiger partial charge in [-0.3, -0.25) is 14.4 Å². The molecule has 0 saturated carbocycles. The quantitative estimate of drug-likeness (QED) is 0.639. The van der Waals surface area contributed by atoms with Crippen molar-refractivity contribution in [3.8, 4) is 0 Å². The Morgan fingerprint density at radius 3 is 1.89 bits per heavy atom. The fraction of sp³-hybridized carbons (Fsp3) is 0. The van der Waals surface area contributed by atoms with E-state index >= 15 is 0 Å². The molecule has 1 aliphatic carbocycles. The van der Waals surface area contributed by atoms with Crippen molar-refractivity contribution in [1.82, 2.24) is 0 Å². The van der Waals surface area contributed by atoms with Crippen molar-refractivity contribution < 1.29 is 14.4 Å². The lowest BCUT2D eigenvalue weighted by molar-refractivity contribution is 0.0979. The number of carbonyl (C=O) groups is 3. The Morgan fingerprint density at radius 2 is 1.37 bits per heavy atom. The van der Waals surface area contributed by atoms with E-state index in [2.05, 4.69) is 0 Å². The lowest BCUT2D eigenvalue weighted by atomic mass is 9.83. The van der Waals surface area contributed by atoms with Crippen LogP contribution in [0.4, 0.5) is 0 Å². The van der Waals surface area contributed by atoms with Crippen molar-refractivity contribution in [3.63, 3.8) is 0 Å². The summed E-state index contributed by atoms with van der Waals surface area (Å²) in [7, 11) is 0. The largest absolute Gasteiger partial charge is 0.298 e. The van der Waals surface area contributed by atoms with E-state index in [1.165, 1.54) is 12.1 Å². The zero-order valence-electron chi connectivity index (χ0n) is 9.64. The predicted molar refractivity (Wildman–Crippen MR) is 70.1 cm³/mol. The van der Waals surface area contributed by atoms with Crippen LogP contribution in [0.1, 0.15) is 42.2 Å². The van der Waals surface area contributed by atoms with Gasteiger partial charge in [0, 0.05) is 27.8 Å². The molecule has 0 spiro atoms. The van der Waals surface area contributed by atoms with Gasteiger partial charge in [-0.15, -0.1) is 0 Å². The fourth-order valence-corrected chi connectivity index (χ4v) is 2.43. The van der Waals surface area contributed by atoms with E-state index in [1.807, 2.05) is 0 Å². The maximum absolute atomic E-state index is 12.3. The normalized spacial score (nSPS) is 12.9. The average molecular weight is 271 g/mol. The first-order chi connectivity index (χ1) is 9.13. The Bertz CT molecular complexity index is 747. The fourth-order valence-electron chi connectivity index (χ4n) is 2.23. The molecule has 3 rings (SSSR count). The van der Waals surface area contributed by atoms with Gasteiger partial charge in [-0.1, -0.05) is 35.9 Å². The molecule has 4 heteroatoms. The highest BCUT2D eigenvalue weighted by molar-refractivity contribution is 6.35. The third-order valence-corrected chi connectivity index (χ3v) is 3.50. The molecule has 0 atom stereocenters. The molecule has 0 radical (unpaired) electrons. The molecule has 0 saturated heterocycles. The summed E-state index contributed by atoms with van der Waals surface area (Å²) in [5, 5.41) is 0.175. The number of hydrogen-bond acceptors (Lipinski definition) is 3. The van der Waals surface area contributed by atoms with Gasteiger partial charge in [-0.25, -0.2) is 0 Å². The first kappa shape index (κ1) is 11.8. The predicted octanol–water partition coefficient (Wildman–Crippen LogP) is 2.93. The van der Waals surface area contributed by atoms with Crippen LogP contribution in [-0.4, -0.2) is 17.9 Å². The van der Waals surface area contributed by atoms with Gasteiger partial charge >= 0.3 is 0 Å². The number of benzene rings is 2. The number of rotatable bonds is 1. The third kappa shape index (κ3) is 1.63. The highest BCUT2D eigenvalue weighted by Crippen LogP contribution is 2.30. The highest BCUT2D eigenvalue weighted by atomic mass is 35.5. The number of aldehydes is 1. The van der Waals surface area contributed by atoms with Crippen molar-refractivity contribution in [3.05, 3.63) is 69.2 Å². The lowest BCUT2D eigenvalue weighted by Gasteiger charge is -2.17. The second-order valence-corrected chi connectivity index (χ2v) is 4.65. The molecule has 0 heterocycles. The molecule has 2 aromatic carbocycles. The van der Waals surface area contributed by atoms with Crippen molar-refractivity contribution in [2.24, 2.45) is 0 Å². The van der Waals surface area contributed by atoms with E-state index in [0.29, 0.717) is 17.4 Å². The first-order valence-corrected chi connectivity index (χ1v) is 5.98.